The standard InChI is InChI=1S/C13H13N3OS/c1-8-12(18-16-15-8)13(17)14-11-6-9-4-2-3-5-10(9)7-11/h2-5,11H,6-7H2,1H3,(H,14,17). The average molecular weight is 259 g/mol. The predicted molar refractivity (Wildman–Crippen MR) is 69.8 cm³/mol. The van der Waals surface area contributed by atoms with Gasteiger partial charge in [-0.2, -0.15) is 0 Å². The molecule has 3 rings (SSSR count). The van der Waals surface area contributed by atoms with Gasteiger partial charge in [-0.3, -0.25) is 4.79 Å². The van der Waals surface area contributed by atoms with Crippen LogP contribution in [0.2, 0.25) is 0 Å². The van der Waals surface area contributed by atoms with Crippen molar-refractivity contribution in [1.29, 1.82) is 0 Å². The minimum atomic E-state index is -0.0553. The second-order valence-electron chi connectivity index (χ2n) is 4.53. The summed E-state index contributed by atoms with van der Waals surface area (Å²) in [5.41, 5.74) is 3.37. The Balaban J connectivity index is 1.70. The first-order chi connectivity index (χ1) is 8.74. The van der Waals surface area contributed by atoms with Crippen LogP contribution in [0, 0.1) is 6.92 Å². The Morgan fingerprint density at radius 1 is 1.33 bits per heavy atom. The van der Waals surface area contributed by atoms with Crippen molar-refractivity contribution in [3.63, 3.8) is 0 Å². The van der Waals surface area contributed by atoms with E-state index >= 15 is 0 Å². The van der Waals surface area contributed by atoms with Crippen LogP contribution in [0.25, 0.3) is 0 Å². The SMILES string of the molecule is Cc1nnsc1C(=O)NC1Cc2ccccc2C1. The zero-order chi connectivity index (χ0) is 12.5. The van der Waals surface area contributed by atoms with E-state index in [-0.39, 0.29) is 11.9 Å². The van der Waals surface area contributed by atoms with Crippen molar-refractivity contribution in [2.75, 3.05) is 0 Å². The summed E-state index contributed by atoms with van der Waals surface area (Å²) in [4.78, 5) is 12.7. The van der Waals surface area contributed by atoms with Gasteiger partial charge in [0.05, 0.1) is 5.69 Å². The van der Waals surface area contributed by atoms with Gasteiger partial charge in [0, 0.05) is 6.04 Å². The van der Waals surface area contributed by atoms with E-state index in [0.717, 1.165) is 24.4 Å². The number of carbonyl (C=O) groups excluding carboxylic acids is 1. The van der Waals surface area contributed by atoms with E-state index in [1.807, 2.05) is 19.1 Å². The molecule has 0 aliphatic heterocycles. The zero-order valence-corrected chi connectivity index (χ0v) is 10.8. The maximum Gasteiger partial charge on any atom is 0.265 e. The summed E-state index contributed by atoms with van der Waals surface area (Å²) in [5, 5.41) is 6.92. The van der Waals surface area contributed by atoms with Crippen molar-refractivity contribution >= 4 is 17.4 Å². The first kappa shape index (κ1) is 11.3. The van der Waals surface area contributed by atoms with Crippen molar-refractivity contribution in [3.05, 3.63) is 46.0 Å². The van der Waals surface area contributed by atoms with Gasteiger partial charge in [0.2, 0.25) is 0 Å². The van der Waals surface area contributed by atoms with E-state index in [1.165, 1.54) is 11.1 Å². The molecule has 1 aliphatic rings. The summed E-state index contributed by atoms with van der Waals surface area (Å²) in [5.74, 6) is -0.0553. The first-order valence-electron chi connectivity index (χ1n) is 5.90. The van der Waals surface area contributed by atoms with E-state index in [0.29, 0.717) is 10.6 Å². The largest absolute Gasteiger partial charge is 0.348 e. The van der Waals surface area contributed by atoms with Gasteiger partial charge in [-0.25, -0.2) is 0 Å². The number of aryl methyl sites for hydroxylation is 1. The topological polar surface area (TPSA) is 54.9 Å². The third-order valence-electron chi connectivity index (χ3n) is 3.24. The van der Waals surface area contributed by atoms with Gasteiger partial charge >= 0.3 is 0 Å². The molecule has 18 heavy (non-hydrogen) atoms. The van der Waals surface area contributed by atoms with Crippen molar-refractivity contribution in [2.24, 2.45) is 0 Å². The van der Waals surface area contributed by atoms with Gasteiger partial charge in [-0.1, -0.05) is 28.8 Å². The van der Waals surface area contributed by atoms with Crippen molar-refractivity contribution < 1.29 is 4.79 Å². The Morgan fingerprint density at radius 3 is 2.56 bits per heavy atom. The molecule has 4 nitrogen and oxygen atoms in total. The first-order valence-corrected chi connectivity index (χ1v) is 6.68. The van der Waals surface area contributed by atoms with Crippen LogP contribution < -0.4 is 5.32 Å². The number of rotatable bonds is 2. The molecule has 0 radical (unpaired) electrons. The predicted octanol–water partition coefficient (Wildman–Crippen LogP) is 1.74. The monoisotopic (exact) mass is 259 g/mol. The smallest absolute Gasteiger partial charge is 0.265 e. The number of benzene rings is 1. The molecule has 2 aromatic rings. The quantitative estimate of drug-likeness (QED) is 0.894. The minimum absolute atomic E-state index is 0.0553. The van der Waals surface area contributed by atoms with E-state index in [1.54, 1.807) is 0 Å². The normalized spacial score (nSPS) is 14.5. The number of hydrogen-bond donors (Lipinski definition) is 1. The van der Waals surface area contributed by atoms with E-state index < -0.39 is 0 Å². The highest BCUT2D eigenvalue weighted by atomic mass is 32.1. The number of amides is 1. The molecule has 0 fully saturated rings. The Hall–Kier alpha value is -1.75. The number of fused-ring (bicyclic) bond motifs is 1. The molecule has 0 saturated heterocycles. The van der Waals surface area contributed by atoms with Crippen LogP contribution in [-0.2, 0) is 12.8 Å². The molecular weight excluding hydrogens is 246 g/mol. The average Bonchev–Trinajstić information content (AvgIpc) is 2.94. The fourth-order valence-corrected chi connectivity index (χ4v) is 2.91. The lowest BCUT2D eigenvalue weighted by molar-refractivity contribution is 0.0942. The third kappa shape index (κ3) is 2.01. The molecule has 1 N–H and O–H groups in total. The molecule has 1 amide bonds. The number of nitrogens with one attached hydrogen (secondary N) is 1. The summed E-state index contributed by atoms with van der Waals surface area (Å²) in [7, 11) is 0. The lowest BCUT2D eigenvalue weighted by Crippen LogP contribution is -2.35. The molecule has 1 heterocycles. The van der Waals surface area contributed by atoms with Gasteiger partial charge in [-0.05, 0) is 42.4 Å². The Morgan fingerprint density at radius 2 is 2.00 bits per heavy atom. The third-order valence-corrected chi connectivity index (χ3v) is 4.07. The Labute approximate surface area is 109 Å². The number of nitrogens with zero attached hydrogens (tertiary/aromatic N) is 2. The molecular formula is C13H13N3OS. The Bertz CT molecular complexity index is 568. The lowest BCUT2D eigenvalue weighted by Gasteiger charge is -2.10. The molecule has 0 atom stereocenters. The van der Waals surface area contributed by atoms with Crippen LogP contribution in [0.1, 0.15) is 26.5 Å². The van der Waals surface area contributed by atoms with Gasteiger partial charge < -0.3 is 5.32 Å². The Kier molecular flexibility index (Phi) is 2.83. The van der Waals surface area contributed by atoms with Crippen LogP contribution in [0.5, 0.6) is 0 Å². The molecule has 1 aliphatic carbocycles. The van der Waals surface area contributed by atoms with Gasteiger partial charge in [0.25, 0.3) is 5.91 Å². The minimum Gasteiger partial charge on any atom is -0.348 e. The second-order valence-corrected chi connectivity index (χ2v) is 5.29. The fourth-order valence-electron chi connectivity index (χ4n) is 2.35. The highest BCUT2D eigenvalue weighted by Gasteiger charge is 2.24. The van der Waals surface area contributed by atoms with Gasteiger partial charge in [0.1, 0.15) is 4.88 Å². The summed E-state index contributed by atoms with van der Waals surface area (Å²) >= 11 is 1.15. The summed E-state index contributed by atoms with van der Waals surface area (Å²) in [6.45, 7) is 1.81. The van der Waals surface area contributed by atoms with Crippen molar-refractivity contribution in [3.8, 4) is 0 Å². The van der Waals surface area contributed by atoms with E-state index in [9.17, 15) is 4.79 Å². The van der Waals surface area contributed by atoms with Crippen LogP contribution in [0.3, 0.4) is 0 Å². The lowest BCUT2D eigenvalue weighted by atomic mass is 10.1. The molecule has 0 bridgehead atoms. The number of hydrogen-bond acceptors (Lipinski definition) is 4. The molecule has 0 spiro atoms. The highest BCUT2D eigenvalue weighted by molar-refractivity contribution is 7.08. The van der Waals surface area contributed by atoms with Crippen LogP contribution >= 0.6 is 11.5 Å². The number of carbonyl (C=O) groups is 1. The van der Waals surface area contributed by atoms with Crippen LogP contribution in [0.4, 0.5) is 0 Å². The maximum atomic E-state index is 12.1. The summed E-state index contributed by atoms with van der Waals surface area (Å²) in [6, 6.07) is 8.53. The van der Waals surface area contributed by atoms with Crippen molar-refractivity contribution in [1.82, 2.24) is 14.9 Å². The fraction of sp³-hybridized carbons (Fsp3) is 0.308. The van der Waals surface area contributed by atoms with Gasteiger partial charge in [0.15, 0.2) is 0 Å². The molecule has 5 heteroatoms. The highest BCUT2D eigenvalue weighted by Crippen LogP contribution is 2.22. The summed E-state index contributed by atoms with van der Waals surface area (Å²) in [6.07, 6.45) is 1.82. The van der Waals surface area contributed by atoms with Crippen LogP contribution in [0.15, 0.2) is 24.3 Å². The van der Waals surface area contributed by atoms with Gasteiger partial charge in [-0.15, -0.1) is 5.10 Å². The molecule has 1 aromatic heterocycles. The molecule has 0 saturated carbocycles. The maximum absolute atomic E-state index is 12.1. The second kappa shape index (κ2) is 4.49. The van der Waals surface area contributed by atoms with Crippen molar-refractivity contribution in [2.45, 2.75) is 25.8 Å². The summed E-state index contributed by atoms with van der Waals surface area (Å²) < 4.78 is 3.79. The molecule has 0 unspecified atom stereocenters. The molecule has 1 aromatic carbocycles. The number of aromatic nitrogens is 2. The van der Waals surface area contributed by atoms with Crippen LogP contribution in [-0.4, -0.2) is 21.5 Å². The zero-order valence-electron chi connectivity index (χ0n) is 10.0. The molecule has 92 valence electrons. The van der Waals surface area contributed by atoms with E-state index in [4.69, 9.17) is 0 Å². The van der Waals surface area contributed by atoms with E-state index in [2.05, 4.69) is 27.0 Å².